The summed E-state index contributed by atoms with van der Waals surface area (Å²) >= 11 is 7.61. The third kappa shape index (κ3) is 5.64. The number of allylic oxidation sites excluding steroid dienone is 1. The largest absolute Gasteiger partial charge is 0.485 e. The summed E-state index contributed by atoms with van der Waals surface area (Å²) in [5.41, 5.74) is 3.56. The summed E-state index contributed by atoms with van der Waals surface area (Å²) in [5, 5.41) is 10.3. The molecule has 0 saturated carbocycles. The maximum atomic E-state index is 6.16. The standard InChI is InChI=1S/C23H26ClN3OS/c1-5-12-27-22(14-28-21-13-17(4)6-11-20(21)16(2)3)25-26-23(27)29-15-18-7-9-19(24)10-8-18/h5-11,13,16H,1,12,14-15H2,2-4H3. The predicted molar refractivity (Wildman–Crippen MR) is 121 cm³/mol. The average molecular weight is 428 g/mol. The molecule has 152 valence electrons. The van der Waals surface area contributed by atoms with Gasteiger partial charge in [0.2, 0.25) is 0 Å². The van der Waals surface area contributed by atoms with Crippen LogP contribution in [0.15, 0.2) is 60.3 Å². The molecule has 0 atom stereocenters. The molecule has 0 unspecified atom stereocenters. The molecule has 0 radical (unpaired) electrons. The lowest BCUT2D eigenvalue weighted by atomic mass is 10.0. The van der Waals surface area contributed by atoms with E-state index in [1.54, 1.807) is 11.8 Å². The number of hydrogen-bond acceptors (Lipinski definition) is 4. The van der Waals surface area contributed by atoms with E-state index < -0.39 is 0 Å². The quantitative estimate of drug-likeness (QED) is 0.291. The second kappa shape index (κ2) is 9.99. The Bertz CT molecular complexity index is 967. The number of halogens is 1. The number of aryl methyl sites for hydroxylation is 1. The predicted octanol–water partition coefficient (Wildman–Crippen LogP) is 6.42. The second-order valence-electron chi connectivity index (χ2n) is 7.20. The van der Waals surface area contributed by atoms with Crippen molar-refractivity contribution in [2.75, 3.05) is 0 Å². The molecule has 0 bridgehead atoms. The van der Waals surface area contributed by atoms with Gasteiger partial charge in [-0.1, -0.05) is 67.6 Å². The van der Waals surface area contributed by atoms with Crippen molar-refractivity contribution in [2.45, 2.75) is 50.8 Å². The summed E-state index contributed by atoms with van der Waals surface area (Å²) in [7, 11) is 0. The van der Waals surface area contributed by atoms with Gasteiger partial charge in [0.25, 0.3) is 0 Å². The summed E-state index contributed by atoms with van der Waals surface area (Å²) in [5.74, 6) is 2.88. The molecule has 0 saturated heterocycles. The van der Waals surface area contributed by atoms with Crippen molar-refractivity contribution < 1.29 is 4.74 Å². The van der Waals surface area contributed by atoms with E-state index in [1.165, 1.54) is 16.7 Å². The maximum absolute atomic E-state index is 6.16. The molecule has 0 amide bonds. The zero-order chi connectivity index (χ0) is 20.8. The van der Waals surface area contributed by atoms with Crippen molar-refractivity contribution in [1.82, 2.24) is 14.8 Å². The van der Waals surface area contributed by atoms with Gasteiger partial charge in [-0.05, 0) is 47.7 Å². The van der Waals surface area contributed by atoms with Gasteiger partial charge in [-0.2, -0.15) is 0 Å². The fraction of sp³-hybridized carbons (Fsp3) is 0.304. The fourth-order valence-electron chi connectivity index (χ4n) is 2.96. The van der Waals surface area contributed by atoms with Crippen LogP contribution in [0.1, 0.15) is 42.3 Å². The van der Waals surface area contributed by atoms with Gasteiger partial charge in [0.1, 0.15) is 12.4 Å². The van der Waals surface area contributed by atoms with Gasteiger partial charge < -0.3 is 4.74 Å². The summed E-state index contributed by atoms with van der Waals surface area (Å²) in [4.78, 5) is 0. The fourth-order valence-corrected chi connectivity index (χ4v) is 4.01. The Kier molecular flexibility index (Phi) is 7.40. The molecule has 1 heterocycles. The molecule has 3 aromatic rings. The first-order valence-electron chi connectivity index (χ1n) is 9.61. The molecular formula is C23H26ClN3OS. The van der Waals surface area contributed by atoms with Crippen LogP contribution < -0.4 is 4.74 Å². The van der Waals surface area contributed by atoms with Crippen LogP contribution in [-0.4, -0.2) is 14.8 Å². The Hall–Kier alpha value is -2.24. The summed E-state index contributed by atoms with van der Waals surface area (Å²) in [6, 6.07) is 14.2. The Morgan fingerprint density at radius 2 is 1.93 bits per heavy atom. The Balaban J connectivity index is 1.74. The lowest BCUT2D eigenvalue weighted by Crippen LogP contribution is -2.08. The lowest BCUT2D eigenvalue weighted by Gasteiger charge is -2.15. The summed E-state index contributed by atoms with van der Waals surface area (Å²) in [6.07, 6.45) is 1.85. The van der Waals surface area contributed by atoms with Gasteiger partial charge in [0, 0.05) is 17.3 Å². The molecule has 29 heavy (non-hydrogen) atoms. The zero-order valence-electron chi connectivity index (χ0n) is 17.1. The molecule has 4 nitrogen and oxygen atoms in total. The molecule has 0 aliphatic rings. The average Bonchev–Trinajstić information content (AvgIpc) is 3.08. The Morgan fingerprint density at radius 3 is 2.62 bits per heavy atom. The smallest absolute Gasteiger partial charge is 0.191 e. The van der Waals surface area contributed by atoms with Crippen molar-refractivity contribution in [1.29, 1.82) is 0 Å². The van der Waals surface area contributed by atoms with E-state index in [1.807, 2.05) is 30.3 Å². The van der Waals surface area contributed by atoms with E-state index in [0.717, 1.165) is 27.5 Å². The van der Waals surface area contributed by atoms with Crippen LogP contribution in [0.4, 0.5) is 0 Å². The van der Waals surface area contributed by atoms with Gasteiger partial charge in [0.15, 0.2) is 11.0 Å². The number of nitrogens with zero attached hydrogens (tertiary/aromatic N) is 3. The van der Waals surface area contributed by atoms with E-state index in [2.05, 4.69) is 60.3 Å². The molecule has 2 aromatic carbocycles. The van der Waals surface area contributed by atoms with Gasteiger partial charge in [-0.3, -0.25) is 4.57 Å². The maximum Gasteiger partial charge on any atom is 0.191 e. The molecule has 1 aromatic heterocycles. The van der Waals surface area contributed by atoms with Gasteiger partial charge >= 0.3 is 0 Å². The van der Waals surface area contributed by atoms with Crippen molar-refractivity contribution in [3.8, 4) is 5.75 Å². The first-order chi connectivity index (χ1) is 14.0. The van der Waals surface area contributed by atoms with Gasteiger partial charge in [0.05, 0.1) is 0 Å². The molecule has 0 N–H and O–H groups in total. The first kappa shape index (κ1) is 21.5. The van der Waals surface area contributed by atoms with Crippen LogP contribution in [0.25, 0.3) is 0 Å². The van der Waals surface area contributed by atoms with Crippen LogP contribution in [0, 0.1) is 6.92 Å². The highest BCUT2D eigenvalue weighted by atomic mass is 35.5. The topological polar surface area (TPSA) is 39.9 Å². The Labute approximate surface area is 182 Å². The van der Waals surface area contributed by atoms with Crippen LogP contribution >= 0.6 is 23.4 Å². The number of aromatic nitrogens is 3. The lowest BCUT2D eigenvalue weighted by molar-refractivity contribution is 0.285. The third-order valence-corrected chi connectivity index (χ3v) is 5.82. The normalized spacial score (nSPS) is 11.1. The van der Waals surface area contributed by atoms with Crippen molar-refractivity contribution in [3.05, 3.63) is 82.7 Å². The van der Waals surface area contributed by atoms with Crippen LogP contribution in [0.5, 0.6) is 5.75 Å². The van der Waals surface area contributed by atoms with E-state index in [-0.39, 0.29) is 0 Å². The SMILES string of the molecule is C=CCn1c(COc2cc(C)ccc2C(C)C)nnc1SCc1ccc(Cl)cc1. The van der Waals surface area contributed by atoms with Crippen LogP contribution in [0.3, 0.4) is 0 Å². The Morgan fingerprint density at radius 1 is 1.17 bits per heavy atom. The molecule has 0 aliphatic carbocycles. The van der Waals surface area contributed by atoms with Crippen molar-refractivity contribution >= 4 is 23.4 Å². The van der Waals surface area contributed by atoms with Crippen LogP contribution in [-0.2, 0) is 18.9 Å². The van der Waals surface area contributed by atoms with E-state index in [0.29, 0.717) is 19.1 Å². The van der Waals surface area contributed by atoms with Crippen molar-refractivity contribution in [2.24, 2.45) is 0 Å². The molecule has 0 spiro atoms. The second-order valence-corrected chi connectivity index (χ2v) is 8.58. The number of benzene rings is 2. The monoisotopic (exact) mass is 427 g/mol. The minimum Gasteiger partial charge on any atom is -0.485 e. The number of rotatable bonds is 9. The number of hydrogen-bond donors (Lipinski definition) is 0. The van der Waals surface area contributed by atoms with E-state index in [4.69, 9.17) is 16.3 Å². The van der Waals surface area contributed by atoms with E-state index >= 15 is 0 Å². The molecule has 3 rings (SSSR count). The first-order valence-corrected chi connectivity index (χ1v) is 11.0. The van der Waals surface area contributed by atoms with Crippen molar-refractivity contribution in [3.63, 3.8) is 0 Å². The van der Waals surface area contributed by atoms with Crippen LogP contribution in [0.2, 0.25) is 5.02 Å². The molecule has 6 heteroatoms. The highest BCUT2D eigenvalue weighted by Crippen LogP contribution is 2.29. The minimum atomic E-state index is 0.367. The number of thioether (sulfide) groups is 1. The minimum absolute atomic E-state index is 0.367. The van der Waals surface area contributed by atoms with E-state index in [9.17, 15) is 0 Å². The van der Waals surface area contributed by atoms with Gasteiger partial charge in [-0.25, -0.2) is 0 Å². The summed E-state index contributed by atoms with van der Waals surface area (Å²) < 4.78 is 8.21. The zero-order valence-corrected chi connectivity index (χ0v) is 18.6. The molecule has 0 aliphatic heterocycles. The molecular weight excluding hydrogens is 402 g/mol. The third-order valence-electron chi connectivity index (χ3n) is 4.53. The molecule has 0 fully saturated rings. The highest BCUT2D eigenvalue weighted by Gasteiger charge is 2.14. The highest BCUT2D eigenvalue weighted by molar-refractivity contribution is 7.98. The number of ether oxygens (including phenoxy) is 1. The van der Waals surface area contributed by atoms with Gasteiger partial charge in [-0.15, -0.1) is 16.8 Å². The summed E-state index contributed by atoms with van der Waals surface area (Å²) in [6.45, 7) is 11.3.